The van der Waals surface area contributed by atoms with Crippen LogP contribution in [0.1, 0.15) is 84.0 Å². The second kappa shape index (κ2) is 8.79. The molecule has 19 heavy (non-hydrogen) atoms. The van der Waals surface area contributed by atoms with Crippen molar-refractivity contribution in [3.8, 4) is 0 Å². The van der Waals surface area contributed by atoms with E-state index in [4.69, 9.17) is 0 Å². The number of hydrogen-bond donors (Lipinski definition) is 0. The van der Waals surface area contributed by atoms with Crippen LogP contribution >= 0.6 is 0 Å². The predicted molar refractivity (Wildman–Crippen MR) is 84.5 cm³/mol. The Labute approximate surface area is 120 Å². The summed E-state index contributed by atoms with van der Waals surface area (Å²) in [6.45, 7) is 3.66. The van der Waals surface area contributed by atoms with Crippen LogP contribution in [0.2, 0.25) is 0 Å². The SMILES string of the molecule is CCCCCCC/C=C\C[C@H]1CCC[C@@H]2CCCN21. The van der Waals surface area contributed by atoms with Crippen LogP contribution in [-0.4, -0.2) is 23.5 Å². The Kier molecular flexibility index (Phi) is 6.98. The van der Waals surface area contributed by atoms with E-state index in [-0.39, 0.29) is 0 Å². The van der Waals surface area contributed by atoms with Gasteiger partial charge < -0.3 is 0 Å². The quantitative estimate of drug-likeness (QED) is 0.424. The fourth-order valence-electron chi connectivity index (χ4n) is 3.89. The van der Waals surface area contributed by atoms with Crippen LogP contribution < -0.4 is 0 Å². The Morgan fingerprint density at radius 2 is 1.79 bits per heavy atom. The minimum atomic E-state index is 0.873. The Bertz CT molecular complexity index is 258. The molecule has 2 saturated heterocycles. The number of allylic oxidation sites excluding steroid dienone is 1. The molecule has 2 aliphatic heterocycles. The van der Waals surface area contributed by atoms with Gasteiger partial charge in [-0.2, -0.15) is 0 Å². The average molecular weight is 263 g/mol. The molecule has 0 spiro atoms. The first-order valence-corrected chi connectivity index (χ1v) is 8.82. The molecule has 110 valence electrons. The van der Waals surface area contributed by atoms with Crippen molar-refractivity contribution in [2.24, 2.45) is 0 Å². The van der Waals surface area contributed by atoms with Crippen molar-refractivity contribution >= 4 is 0 Å². The van der Waals surface area contributed by atoms with E-state index in [1.807, 2.05) is 0 Å². The Balaban J connectivity index is 1.56. The van der Waals surface area contributed by atoms with Gasteiger partial charge in [-0.25, -0.2) is 0 Å². The molecular weight excluding hydrogens is 230 g/mol. The van der Waals surface area contributed by atoms with Gasteiger partial charge in [0.05, 0.1) is 0 Å². The van der Waals surface area contributed by atoms with Crippen molar-refractivity contribution < 1.29 is 0 Å². The summed E-state index contributed by atoms with van der Waals surface area (Å²) in [7, 11) is 0. The molecule has 2 aliphatic rings. The topological polar surface area (TPSA) is 3.24 Å². The monoisotopic (exact) mass is 263 g/mol. The maximum Gasteiger partial charge on any atom is 0.0133 e. The lowest BCUT2D eigenvalue weighted by atomic mass is 9.94. The van der Waals surface area contributed by atoms with Crippen molar-refractivity contribution in [1.82, 2.24) is 4.90 Å². The summed E-state index contributed by atoms with van der Waals surface area (Å²) in [5, 5.41) is 0. The molecule has 0 N–H and O–H groups in total. The maximum atomic E-state index is 2.81. The maximum absolute atomic E-state index is 2.81. The molecule has 0 unspecified atom stereocenters. The van der Waals surface area contributed by atoms with E-state index in [0.29, 0.717) is 0 Å². The van der Waals surface area contributed by atoms with E-state index in [9.17, 15) is 0 Å². The van der Waals surface area contributed by atoms with E-state index in [1.54, 1.807) is 0 Å². The summed E-state index contributed by atoms with van der Waals surface area (Å²) >= 11 is 0. The normalized spacial score (nSPS) is 28.1. The van der Waals surface area contributed by atoms with Gasteiger partial charge >= 0.3 is 0 Å². The highest BCUT2D eigenvalue weighted by Crippen LogP contribution is 2.32. The number of hydrogen-bond acceptors (Lipinski definition) is 1. The number of rotatable bonds is 8. The molecule has 0 aliphatic carbocycles. The molecule has 0 aromatic rings. The van der Waals surface area contributed by atoms with Gasteiger partial charge in [0.2, 0.25) is 0 Å². The third-order valence-electron chi connectivity index (χ3n) is 5.02. The molecule has 0 saturated carbocycles. The Morgan fingerprint density at radius 3 is 2.68 bits per heavy atom. The predicted octanol–water partition coefficient (Wildman–Crippen LogP) is 5.31. The van der Waals surface area contributed by atoms with Crippen LogP contribution in [-0.2, 0) is 0 Å². The van der Waals surface area contributed by atoms with Gasteiger partial charge in [-0.3, -0.25) is 4.90 Å². The molecule has 2 atom stereocenters. The number of fused-ring (bicyclic) bond motifs is 1. The van der Waals surface area contributed by atoms with E-state index < -0.39 is 0 Å². The van der Waals surface area contributed by atoms with E-state index in [0.717, 1.165) is 12.1 Å². The van der Waals surface area contributed by atoms with Crippen LogP contribution in [0, 0.1) is 0 Å². The Hall–Kier alpha value is -0.300. The first kappa shape index (κ1) is 15.1. The lowest BCUT2D eigenvalue weighted by molar-refractivity contribution is 0.124. The van der Waals surface area contributed by atoms with Crippen LogP contribution in [0.5, 0.6) is 0 Å². The first-order chi connectivity index (χ1) is 9.42. The van der Waals surface area contributed by atoms with Crippen molar-refractivity contribution in [2.45, 2.75) is 96.1 Å². The molecule has 2 rings (SSSR count). The zero-order valence-corrected chi connectivity index (χ0v) is 12.9. The lowest BCUT2D eigenvalue weighted by Crippen LogP contribution is -2.42. The highest BCUT2D eigenvalue weighted by molar-refractivity contribution is 4.94. The van der Waals surface area contributed by atoms with Crippen LogP contribution in [0.25, 0.3) is 0 Å². The summed E-state index contributed by atoms with van der Waals surface area (Å²) in [5.74, 6) is 0. The fraction of sp³-hybridized carbons (Fsp3) is 0.889. The van der Waals surface area contributed by atoms with Gasteiger partial charge in [0, 0.05) is 12.1 Å². The number of piperidine rings is 1. The highest BCUT2D eigenvalue weighted by atomic mass is 15.2. The van der Waals surface area contributed by atoms with Gasteiger partial charge in [0.15, 0.2) is 0 Å². The summed E-state index contributed by atoms with van der Waals surface area (Å²) in [4.78, 5) is 2.81. The average Bonchev–Trinajstić information content (AvgIpc) is 2.91. The molecule has 0 aromatic heterocycles. The zero-order valence-electron chi connectivity index (χ0n) is 12.9. The molecule has 2 fully saturated rings. The summed E-state index contributed by atoms with van der Waals surface area (Å²) in [5.41, 5.74) is 0. The van der Waals surface area contributed by atoms with Crippen molar-refractivity contribution in [1.29, 1.82) is 0 Å². The Morgan fingerprint density at radius 1 is 0.947 bits per heavy atom. The molecule has 1 heteroatoms. The molecule has 0 aromatic carbocycles. The van der Waals surface area contributed by atoms with Crippen LogP contribution in [0.15, 0.2) is 12.2 Å². The van der Waals surface area contributed by atoms with Gasteiger partial charge in [-0.15, -0.1) is 0 Å². The molecule has 0 amide bonds. The van der Waals surface area contributed by atoms with Crippen molar-refractivity contribution in [2.75, 3.05) is 6.54 Å². The standard InChI is InChI=1S/C18H33N/c1-2-3-4-5-6-7-8-9-12-17-13-10-14-18-15-11-16-19(17)18/h8-9,17-18H,2-7,10-16H2,1H3/b9-8-/t17-,18+/m0/s1. The summed E-state index contributed by atoms with van der Waals surface area (Å²) in [6.07, 6.45) is 21.9. The molecular formula is C18H33N. The van der Waals surface area contributed by atoms with Crippen LogP contribution in [0.3, 0.4) is 0 Å². The van der Waals surface area contributed by atoms with E-state index >= 15 is 0 Å². The van der Waals surface area contributed by atoms with Gasteiger partial charge in [-0.05, 0) is 51.5 Å². The van der Waals surface area contributed by atoms with E-state index in [1.165, 1.54) is 83.6 Å². The number of nitrogens with zero attached hydrogens (tertiary/aromatic N) is 1. The third-order valence-corrected chi connectivity index (χ3v) is 5.02. The summed E-state index contributed by atoms with van der Waals surface area (Å²) in [6, 6.07) is 1.82. The van der Waals surface area contributed by atoms with E-state index in [2.05, 4.69) is 24.0 Å². The van der Waals surface area contributed by atoms with Crippen LogP contribution in [0.4, 0.5) is 0 Å². The lowest BCUT2D eigenvalue weighted by Gasteiger charge is -2.37. The number of unbranched alkanes of at least 4 members (excludes halogenated alkanes) is 5. The first-order valence-electron chi connectivity index (χ1n) is 8.82. The third kappa shape index (κ3) is 4.95. The summed E-state index contributed by atoms with van der Waals surface area (Å²) < 4.78 is 0. The molecule has 1 nitrogen and oxygen atoms in total. The van der Waals surface area contributed by atoms with Crippen molar-refractivity contribution in [3.05, 3.63) is 12.2 Å². The second-order valence-electron chi connectivity index (χ2n) is 6.53. The smallest absolute Gasteiger partial charge is 0.0133 e. The van der Waals surface area contributed by atoms with Gasteiger partial charge in [0.25, 0.3) is 0 Å². The van der Waals surface area contributed by atoms with Gasteiger partial charge in [-0.1, -0.05) is 51.2 Å². The van der Waals surface area contributed by atoms with Crippen molar-refractivity contribution in [3.63, 3.8) is 0 Å². The zero-order chi connectivity index (χ0) is 13.3. The molecule has 0 bridgehead atoms. The highest BCUT2D eigenvalue weighted by Gasteiger charge is 2.32. The molecule has 2 heterocycles. The van der Waals surface area contributed by atoms with Gasteiger partial charge in [0.1, 0.15) is 0 Å². The minimum Gasteiger partial charge on any atom is -0.297 e. The molecule has 0 radical (unpaired) electrons. The largest absolute Gasteiger partial charge is 0.297 e. The minimum absolute atomic E-state index is 0.873. The fourth-order valence-corrected chi connectivity index (χ4v) is 3.89. The second-order valence-corrected chi connectivity index (χ2v) is 6.53.